The highest BCUT2D eigenvalue weighted by atomic mass is 19.1. The van der Waals surface area contributed by atoms with Gasteiger partial charge in [0.2, 0.25) is 0 Å². The van der Waals surface area contributed by atoms with E-state index in [0.717, 1.165) is 0 Å². The van der Waals surface area contributed by atoms with E-state index in [-0.39, 0.29) is 25.8 Å². The Balaban J connectivity index is 0.00000144. The van der Waals surface area contributed by atoms with Crippen LogP contribution in [0, 0.1) is 0 Å². The molecule has 1 unspecified atom stereocenters. The second kappa shape index (κ2) is 5.60. The van der Waals surface area contributed by atoms with E-state index in [1.54, 1.807) is 0 Å². The van der Waals surface area contributed by atoms with Crippen LogP contribution < -0.4 is 11.3 Å². The van der Waals surface area contributed by atoms with Crippen molar-refractivity contribution in [2.75, 3.05) is 19.9 Å². The number of carbonyl (C=O) groups is 1. The van der Waals surface area contributed by atoms with Crippen molar-refractivity contribution in [1.82, 2.24) is 6.15 Å². The molecule has 0 saturated carbocycles. The molecular formula is C7H13FN2O3. The summed E-state index contributed by atoms with van der Waals surface area (Å²) in [4.78, 5) is 14.0. The molecule has 13 heavy (non-hydrogen) atoms. The van der Waals surface area contributed by atoms with Crippen molar-refractivity contribution in [2.45, 2.75) is 12.5 Å². The summed E-state index contributed by atoms with van der Waals surface area (Å²) >= 11 is 0. The molecule has 5 nitrogen and oxygen atoms in total. The molecule has 6 heteroatoms. The number of ether oxygens (including phenoxy) is 1. The standard InChI is InChI=1S/C7H10FNO3.H3N/c8-2-6-4-12-3-5(9-6)1-7(10)11;/h6H,1-4H2,(H,10,11);1H3. The van der Waals surface area contributed by atoms with Crippen molar-refractivity contribution >= 4 is 11.7 Å². The molecule has 0 fully saturated rings. The molecule has 0 aromatic carbocycles. The molecule has 1 atom stereocenters. The Morgan fingerprint density at radius 2 is 2.46 bits per heavy atom. The molecule has 0 saturated heterocycles. The highest BCUT2D eigenvalue weighted by molar-refractivity contribution is 5.98. The minimum atomic E-state index is -1.21. The first-order valence-corrected chi connectivity index (χ1v) is 3.61. The quantitative estimate of drug-likeness (QED) is 0.640. The topological polar surface area (TPSA) is 98.2 Å². The number of halogens is 1. The Kier molecular flexibility index (Phi) is 5.17. The summed E-state index contributed by atoms with van der Waals surface area (Å²) in [6.07, 6.45) is -0.267. The van der Waals surface area contributed by atoms with Crippen LogP contribution in [0.1, 0.15) is 6.42 Å². The third-order valence-electron chi connectivity index (χ3n) is 1.47. The number of carbonyl (C=O) groups excluding carboxylic acids is 1. The highest BCUT2D eigenvalue weighted by Gasteiger charge is 2.14. The van der Waals surface area contributed by atoms with E-state index in [1.165, 1.54) is 0 Å². The summed E-state index contributed by atoms with van der Waals surface area (Å²) in [6.45, 7) is -0.214. The zero-order valence-electron chi connectivity index (χ0n) is 7.46. The molecule has 0 aromatic rings. The number of hydrogen-bond donors (Lipinski definition) is 1. The molecule has 0 aliphatic carbocycles. The Labute approximate surface area is 75.2 Å². The van der Waals surface area contributed by atoms with Crippen LogP contribution in [-0.2, 0) is 9.53 Å². The van der Waals surface area contributed by atoms with Crippen molar-refractivity contribution in [3.63, 3.8) is 0 Å². The van der Waals surface area contributed by atoms with Gasteiger partial charge in [0.25, 0.3) is 0 Å². The molecular weight excluding hydrogens is 179 g/mol. The van der Waals surface area contributed by atoms with Gasteiger partial charge in [-0.05, 0) is 0 Å². The molecule has 0 spiro atoms. The van der Waals surface area contributed by atoms with Crippen LogP contribution in [-0.4, -0.2) is 37.6 Å². The molecule has 1 aliphatic heterocycles. The summed E-state index contributed by atoms with van der Waals surface area (Å²) < 4.78 is 17.0. The van der Waals surface area contributed by atoms with Crippen LogP contribution in [0.4, 0.5) is 4.39 Å². The average Bonchev–Trinajstić information content (AvgIpc) is 2.03. The lowest BCUT2D eigenvalue weighted by Gasteiger charge is -2.18. The smallest absolute Gasteiger partial charge is 0.114 e. The molecule has 0 aromatic heterocycles. The second-order valence-electron chi connectivity index (χ2n) is 2.57. The molecule has 0 bridgehead atoms. The van der Waals surface area contributed by atoms with E-state index in [0.29, 0.717) is 5.71 Å². The van der Waals surface area contributed by atoms with Crippen LogP contribution in [0.5, 0.6) is 0 Å². The molecule has 0 radical (unpaired) electrons. The van der Waals surface area contributed by atoms with E-state index < -0.39 is 18.7 Å². The van der Waals surface area contributed by atoms with Gasteiger partial charge in [0.15, 0.2) is 0 Å². The van der Waals surface area contributed by atoms with Crippen LogP contribution >= 0.6 is 0 Å². The maximum Gasteiger partial charge on any atom is 0.114 e. The lowest BCUT2D eigenvalue weighted by Crippen LogP contribution is -2.32. The number of carboxylic acids is 1. The first kappa shape index (κ1) is 12.0. The fraction of sp³-hybridized carbons (Fsp3) is 0.714. The van der Waals surface area contributed by atoms with Crippen molar-refractivity contribution in [3.8, 4) is 0 Å². The van der Waals surface area contributed by atoms with Crippen LogP contribution in [0.25, 0.3) is 0 Å². The van der Waals surface area contributed by atoms with Crippen molar-refractivity contribution in [1.29, 1.82) is 0 Å². The summed E-state index contributed by atoms with van der Waals surface area (Å²) in [6, 6.07) is -0.534. The van der Waals surface area contributed by atoms with Gasteiger partial charge in [0.1, 0.15) is 12.7 Å². The normalized spacial score (nSPS) is 21.6. The number of carboxylic acid groups (broad SMARTS) is 1. The molecule has 4 N–H and O–H groups in total. The Morgan fingerprint density at radius 3 is 3.00 bits per heavy atom. The van der Waals surface area contributed by atoms with Crippen molar-refractivity contribution < 1.29 is 19.0 Å². The number of alkyl halides is 1. The number of rotatable bonds is 3. The summed E-state index contributed by atoms with van der Waals surface area (Å²) in [5.41, 5.74) is 0.351. The molecule has 0 amide bonds. The Bertz CT molecular complexity index is 208. The summed E-state index contributed by atoms with van der Waals surface area (Å²) in [5.74, 6) is -1.21. The SMILES string of the molecule is O=C([O-])CC1=NC(CF)COC1.[NH4+]. The number of aliphatic imine (C=N–C) groups is 1. The zero-order valence-corrected chi connectivity index (χ0v) is 7.46. The van der Waals surface area contributed by atoms with Crippen LogP contribution in [0.2, 0.25) is 0 Å². The van der Waals surface area contributed by atoms with Crippen molar-refractivity contribution in [2.24, 2.45) is 4.99 Å². The van der Waals surface area contributed by atoms with E-state index in [4.69, 9.17) is 4.74 Å². The molecule has 76 valence electrons. The molecule has 1 heterocycles. The number of hydrogen-bond acceptors (Lipinski definition) is 4. The predicted octanol–water partition coefficient (Wildman–Crippen LogP) is -0.688. The third-order valence-corrected chi connectivity index (χ3v) is 1.47. The van der Waals surface area contributed by atoms with Gasteiger partial charge < -0.3 is 20.8 Å². The van der Waals surface area contributed by atoms with Gasteiger partial charge in [-0.2, -0.15) is 0 Å². The molecule has 1 rings (SSSR count). The third kappa shape index (κ3) is 3.95. The number of nitrogens with zero attached hydrogens (tertiary/aromatic N) is 1. The number of aliphatic carboxylic acids is 1. The minimum Gasteiger partial charge on any atom is -0.550 e. The lowest BCUT2D eigenvalue weighted by atomic mass is 10.2. The highest BCUT2D eigenvalue weighted by Crippen LogP contribution is 2.04. The maximum atomic E-state index is 12.0. The first-order chi connectivity index (χ1) is 5.72. The van der Waals surface area contributed by atoms with Gasteiger partial charge >= 0.3 is 0 Å². The summed E-state index contributed by atoms with van der Waals surface area (Å²) in [7, 11) is 0. The van der Waals surface area contributed by atoms with Crippen LogP contribution in [0.3, 0.4) is 0 Å². The van der Waals surface area contributed by atoms with Gasteiger partial charge in [0.05, 0.1) is 13.2 Å². The second-order valence-corrected chi connectivity index (χ2v) is 2.57. The monoisotopic (exact) mass is 192 g/mol. The largest absolute Gasteiger partial charge is 0.550 e. The minimum absolute atomic E-state index is 0. The predicted molar refractivity (Wildman–Crippen MR) is 43.6 cm³/mol. The van der Waals surface area contributed by atoms with Crippen molar-refractivity contribution in [3.05, 3.63) is 0 Å². The fourth-order valence-corrected chi connectivity index (χ4v) is 0.988. The van der Waals surface area contributed by atoms with E-state index in [2.05, 4.69) is 4.99 Å². The summed E-state index contributed by atoms with van der Waals surface area (Å²) in [5, 5.41) is 10.1. The van der Waals surface area contributed by atoms with Gasteiger partial charge in [-0.1, -0.05) is 0 Å². The maximum absolute atomic E-state index is 12.0. The molecule has 1 aliphatic rings. The Morgan fingerprint density at radius 1 is 1.77 bits per heavy atom. The van der Waals surface area contributed by atoms with E-state index >= 15 is 0 Å². The van der Waals surface area contributed by atoms with Gasteiger partial charge in [-0.25, -0.2) is 4.39 Å². The average molecular weight is 192 g/mol. The Hall–Kier alpha value is -1.01. The van der Waals surface area contributed by atoms with E-state index in [9.17, 15) is 14.3 Å². The lowest BCUT2D eigenvalue weighted by molar-refractivity contribution is -0.303. The van der Waals surface area contributed by atoms with E-state index in [1.807, 2.05) is 0 Å². The van der Waals surface area contributed by atoms with Gasteiger partial charge in [-0.15, -0.1) is 0 Å². The number of quaternary nitrogens is 1. The van der Waals surface area contributed by atoms with Gasteiger partial charge in [0, 0.05) is 18.1 Å². The van der Waals surface area contributed by atoms with Crippen LogP contribution in [0.15, 0.2) is 4.99 Å². The zero-order chi connectivity index (χ0) is 8.97. The fourth-order valence-electron chi connectivity index (χ4n) is 0.988. The first-order valence-electron chi connectivity index (χ1n) is 3.61. The van der Waals surface area contributed by atoms with Gasteiger partial charge in [-0.3, -0.25) is 4.99 Å².